The molecule has 0 aliphatic carbocycles. The summed E-state index contributed by atoms with van der Waals surface area (Å²) in [4.78, 5) is 0. The molecule has 1 radical (unpaired) electrons. The van der Waals surface area contributed by atoms with E-state index in [4.69, 9.17) is 0 Å². The minimum atomic E-state index is 0. The molecule has 0 aromatic carbocycles. The molecule has 0 aromatic heterocycles. The van der Waals surface area contributed by atoms with Crippen LogP contribution in [-0.2, 0) is 42.2 Å². The first-order valence-electron chi connectivity index (χ1n) is 1.50. The molecule has 0 fully saturated rings. The maximum absolute atomic E-state index is 3.54. The topological polar surface area (TPSA) is 0 Å². The molecule has 0 saturated carbocycles. The summed E-state index contributed by atoms with van der Waals surface area (Å²) < 4.78 is 0. The maximum Gasteiger partial charge on any atom is 1.00 e. The van der Waals surface area contributed by atoms with Crippen LogP contribution < -0.4 is 0 Å². The second kappa shape index (κ2) is 16.2. The average Bonchev–Trinajstić information content (AvgIpc) is 1.37. The Morgan fingerprint density at radius 1 is 1.00 bits per heavy atom. The van der Waals surface area contributed by atoms with Gasteiger partial charge in [0, 0.05) is 0 Å². The third-order valence-corrected chi connectivity index (χ3v) is 0.250. The third-order valence-electron chi connectivity index (χ3n) is 0.250. The summed E-state index contributed by atoms with van der Waals surface area (Å²) in [5.74, 6) is 0. The summed E-state index contributed by atoms with van der Waals surface area (Å²) in [6.07, 6.45) is 1.92. The molecular weight excluding hydrogens is 435 g/mol. The molecule has 0 atom stereocenters. The van der Waals surface area contributed by atoms with Crippen LogP contribution in [0.5, 0.6) is 0 Å². The number of hydrogen-bond acceptors (Lipinski definition) is 0. The van der Waals surface area contributed by atoms with Crippen molar-refractivity contribution in [2.24, 2.45) is 0 Å². The quantitative estimate of drug-likeness (QED) is 0.425. The number of rotatable bonds is 1. The molecule has 0 nitrogen and oxygen atoms in total. The fraction of sp³-hybridized carbons (Fsp3) is 0.500. The van der Waals surface area contributed by atoms with Crippen molar-refractivity contribution in [3.8, 4) is 0 Å². The molecule has 0 bridgehead atoms. The predicted octanol–water partition coefficient (Wildman–Crippen LogP) is 1.43. The van der Waals surface area contributed by atoms with Crippen LogP contribution in [0.15, 0.2) is 0 Å². The fourth-order valence-corrected chi connectivity index (χ4v) is 0. The molecule has 0 amide bonds. The first kappa shape index (κ1) is 15.7. The Morgan fingerprint density at radius 3 is 1.17 bits per heavy atom. The summed E-state index contributed by atoms with van der Waals surface area (Å²) in [5.41, 5.74) is 0. The third kappa shape index (κ3) is 18.2. The Kier molecular flexibility index (Phi) is 42.2. The Bertz CT molecular complexity index is 9.51. The van der Waals surface area contributed by atoms with E-state index in [1.54, 1.807) is 0 Å². The molecule has 0 heterocycles. The molecule has 0 aliphatic heterocycles. The minimum Gasteiger partial charge on any atom is -0.346 e. The van der Waals surface area contributed by atoms with E-state index in [1.807, 2.05) is 0 Å². The normalized spacial score (nSPS) is 5.00. The zero-order valence-electron chi connectivity index (χ0n) is 3.48. The van der Waals surface area contributed by atoms with Gasteiger partial charge in [0.15, 0.2) is 0 Å². The SMILES string of the molecule is [Au+].[CH2-]CC[CH2-].[Os+]. The van der Waals surface area contributed by atoms with Crippen LogP contribution in [0.2, 0.25) is 0 Å². The van der Waals surface area contributed by atoms with Gasteiger partial charge in [0.25, 0.3) is 0 Å². The molecule has 0 spiro atoms. The van der Waals surface area contributed by atoms with E-state index >= 15 is 0 Å². The summed E-state index contributed by atoms with van der Waals surface area (Å²) >= 11 is 0. The van der Waals surface area contributed by atoms with Gasteiger partial charge in [0.1, 0.15) is 0 Å². The second-order valence-electron chi connectivity index (χ2n) is 0.707. The van der Waals surface area contributed by atoms with Crippen LogP contribution in [0.1, 0.15) is 12.8 Å². The Hall–Kier alpha value is 1.38. The molecule has 0 aromatic rings. The Labute approximate surface area is 68.6 Å². The molecule has 0 aliphatic rings. The van der Waals surface area contributed by atoms with Crippen LogP contribution in [0.25, 0.3) is 0 Å². The largest absolute Gasteiger partial charge is 1.00 e. The molecule has 2 heteroatoms. The van der Waals surface area contributed by atoms with Crippen molar-refractivity contribution < 1.29 is 42.2 Å². The number of unbranched alkanes of at least 4 members (excludes halogenated alkanes) is 1. The van der Waals surface area contributed by atoms with Crippen molar-refractivity contribution in [2.75, 3.05) is 0 Å². The zero-order chi connectivity index (χ0) is 3.41. The summed E-state index contributed by atoms with van der Waals surface area (Å²) in [6.45, 7) is 7.08. The first-order chi connectivity index (χ1) is 1.91. The van der Waals surface area contributed by atoms with Crippen molar-refractivity contribution in [1.29, 1.82) is 0 Å². The van der Waals surface area contributed by atoms with Gasteiger partial charge in [-0.1, -0.05) is 0 Å². The van der Waals surface area contributed by atoms with Crippen molar-refractivity contribution >= 4 is 0 Å². The van der Waals surface area contributed by atoms with E-state index in [2.05, 4.69) is 13.8 Å². The van der Waals surface area contributed by atoms with Crippen molar-refractivity contribution in [1.82, 2.24) is 0 Å². The molecule has 0 saturated heterocycles. The maximum atomic E-state index is 3.54. The van der Waals surface area contributed by atoms with Gasteiger partial charge in [0.05, 0.1) is 0 Å². The van der Waals surface area contributed by atoms with Crippen molar-refractivity contribution in [3.05, 3.63) is 13.8 Å². The van der Waals surface area contributed by atoms with Gasteiger partial charge in [-0.3, -0.25) is 0 Å². The zero-order valence-corrected chi connectivity index (χ0v) is 8.19. The van der Waals surface area contributed by atoms with E-state index in [0.717, 1.165) is 12.8 Å². The van der Waals surface area contributed by atoms with Crippen molar-refractivity contribution in [3.63, 3.8) is 0 Å². The van der Waals surface area contributed by atoms with E-state index in [0.29, 0.717) is 0 Å². The predicted molar refractivity (Wildman–Crippen MR) is 19.9 cm³/mol. The van der Waals surface area contributed by atoms with E-state index < -0.39 is 0 Å². The minimum absolute atomic E-state index is 0. The Balaban J connectivity index is -0.0000000450. The molecule has 43 valence electrons. The van der Waals surface area contributed by atoms with Crippen LogP contribution in [0, 0.1) is 13.8 Å². The van der Waals surface area contributed by atoms with Gasteiger partial charge in [-0.25, -0.2) is 12.8 Å². The van der Waals surface area contributed by atoms with E-state index in [9.17, 15) is 0 Å². The Morgan fingerprint density at radius 2 is 1.17 bits per heavy atom. The van der Waals surface area contributed by atoms with Gasteiger partial charge < -0.3 is 13.8 Å². The van der Waals surface area contributed by atoms with Crippen LogP contribution >= 0.6 is 0 Å². The fourth-order valence-electron chi connectivity index (χ4n) is 0. The smallest absolute Gasteiger partial charge is 0.346 e. The van der Waals surface area contributed by atoms with Gasteiger partial charge in [-0.15, -0.1) is 0 Å². The molecule has 6 heavy (non-hydrogen) atoms. The van der Waals surface area contributed by atoms with Gasteiger partial charge >= 0.3 is 42.2 Å². The van der Waals surface area contributed by atoms with Crippen LogP contribution in [0.4, 0.5) is 0 Å². The number of hydrogen-bond donors (Lipinski definition) is 0. The summed E-state index contributed by atoms with van der Waals surface area (Å²) in [5, 5.41) is 0. The first-order valence-corrected chi connectivity index (χ1v) is 1.50. The molecule has 0 unspecified atom stereocenters. The monoisotopic (exact) mass is 445 g/mol. The second-order valence-corrected chi connectivity index (χ2v) is 0.707. The van der Waals surface area contributed by atoms with Crippen LogP contribution in [-0.4, -0.2) is 0 Å². The van der Waals surface area contributed by atoms with E-state index in [-0.39, 0.29) is 42.2 Å². The summed E-state index contributed by atoms with van der Waals surface area (Å²) in [6, 6.07) is 0. The van der Waals surface area contributed by atoms with Gasteiger partial charge in [-0.05, 0) is 0 Å². The average molecular weight is 443 g/mol. The molecule has 0 N–H and O–H groups in total. The summed E-state index contributed by atoms with van der Waals surface area (Å²) in [7, 11) is 0. The molecular formula is C4H8AuOs. The van der Waals surface area contributed by atoms with Crippen LogP contribution in [0.3, 0.4) is 0 Å². The van der Waals surface area contributed by atoms with Crippen molar-refractivity contribution in [2.45, 2.75) is 12.8 Å². The van der Waals surface area contributed by atoms with Gasteiger partial charge in [-0.2, -0.15) is 0 Å². The van der Waals surface area contributed by atoms with Gasteiger partial charge in [0.2, 0.25) is 0 Å². The molecule has 0 rings (SSSR count). The van der Waals surface area contributed by atoms with E-state index in [1.165, 1.54) is 0 Å². The standard InChI is InChI=1S/C4H8.Au.Os/c1-3-4-2;;/h1-4H2;;/q-2;2*+1.